The first-order valence-corrected chi connectivity index (χ1v) is 9.38. The second-order valence-electron chi connectivity index (χ2n) is 6.56. The standard InChI is InChI=1S/C21H21ClFNO3/c22-15-4-3-5-17(14-15)27-16-10-12-24(13-11-16)21(26)9-8-20(25)18-6-1-2-7-19(18)23/h1-7,14,16H,8-13H2. The molecule has 0 spiro atoms. The Hall–Kier alpha value is -2.40. The molecule has 1 aliphatic rings. The molecule has 0 aromatic heterocycles. The zero-order valence-electron chi connectivity index (χ0n) is 14.9. The van der Waals surface area contributed by atoms with Gasteiger partial charge in [0.25, 0.3) is 0 Å². The number of Topliss-reactive ketones (excluding diaryl/α,β-unsaturated/α-hetero) is 1. The van der Waals surface area contributed by atoms with Gasteiger partial charge in [0.05, 0.1) is 5.56 Å². The molecule has 0 unspecified atom stereocenters. The monoisotopic (exact) mass is 389 g/mol. The highest BCUT2D eigenvalue weighted by Crippen LogP contribution is 2.22. The van der Waals surface area contributed by atoms with E-state index in [4.69, 9.17) is 16.3 Å². The molecule has 1 aliphatic heterocycles. The molecule has 0 saturated carbocycles. The number of halogens is 2. The van der Waals surface area contributed by atoms with Gasteiger partial charge in [0.2, 0.25) is 5.91 Å². The van der Waals surface area contributed by atoms with E-state index >= 15 is 0 Å². The van der Waals surface area contributed by atoms with Crippen LogP contribution in [0.3, 0.4) is 0 Å². The van der Waals surface area contributed by atoms with Crippen molar-refractivity contribution in [2.75, 3.05) is 13.1 Å². The summed E-state index contributed by atoms with van der Waals surface area (Å²) in [6.45, 7) is 1.16. The first-order chi connectivity index (χ1) is 13.0. The number of nitrogens with zero attached hydrogens (tertiary/aromatic N) is 1. The van der Waals surface area contributed by atoms with Crippen LogP contribution >= 0.6 is 11.6 Å². The maximum atomic E-state index is 13.6. The number of carbonyl (C=O) groups excluding carboxylic acids is 2. The molecule has 1 fully saturated rings. The Bertz CT molecular complexity index is 819. The minimum Gasteiger partial charge on any atom is -0.490 e. The van der Waals surface area contributed by atoms with E-state index in [9.17, 15) is 14.0 Å². The fourth-order valence-electron chi connectivity index (χ4n) is 3.16. The maximum Gasteiger partial charge on any atom is 0.223 e. The Kier molecular flexibility index (Phi) is 6.45. The summed E-state index contributed by atoms with van der Waals surface area (Å²) in [5, 5.41) is 0.625. The van der Waals surface area contributed by atoms with Crippen molar-refractivity contribution in [1.29, 1.82) is 0 Å². The zero-order valence-corrected chi connectivity index (χ0v) is 15.6. The first kappa shape index (κ1) is 19.4. The molecule has 2 aromatic carbocycles. The number of rotatable bonds is 6. The molecule has 27 heavy (non-hydrogen) atoms. The van der Waals surface area contributed by atoms with Gasteiger partial charge in [0, 0.05) is 43.8 Å². The third-order valence-corrected chi connectivity index (χ3v) is 4.87. The van der Waals surface area contributed by atoms with Gasteiger partial charge in [-0.05, 0) is 30.3 Å². The number of carbonyl (C=O) groups is 2. The van der Waals surface area contributed by atoms with E-state index in [1.54, 1.807) is 23.1 Å². The number of amides is 1. The Morgan fingerprint density at radius 2 is 1.81 bits per heavy atom. The van der Waals surface area contributed by atoms with Crippen molar-refractivity contribution >= 4 is 23.3 Å². The van der Waals surface area contributed by atoms with Crippen molar-refractivity contribution in [1.82, 2.24) is 4.90 Å². The molecule has 1 amide bonds. The predicted molar refractivity (Wildman–Crippen MR) is 102 cm³/mol. The average Bonchev–Trinajstić information content (AvgIpc) is 2.67. The van der Waals surface area contributed by atoms with Gasteiger partial charge in [-0.15, -0.1) is 0 Å². The van der Waals surface area contributed by atoms with Crippen LogP contribution in [0.4, 0.5) is 4.39 Å². The van der Waals surface area contributed by atoms with E-state index in [0.29, 0.717) is 18.1 Å². The second-order valence-corrected chi connectivity index (χ2v) is 6.99. The van der Waals surface area contributed by atoms with Gasteiger partial charge >= 0.3 is 0 Å². The topological polar surface area (TPSA) is 46.6 Å². The molecule has 0 N–H and O–H groups in total. The molecule has 0 aliphatic carbocycles. The maximum absolute atomic E-state index is 13.6. The van der Waals surface area contributed by atoms with Gasteiger partial charge in [-0.25, -0.2) is 4.39 Å². The average molecular weight is 390 g/mol. The molecule has 142 valence electrons. The quantitative estimate of drug-likeness (QED) is 0.683. The van der Waals surface area contributed by atoms with Gasteiger partial charge in [0.1, 0.15) is 17.7 Å². The first-order valence-electron chi connectivity index (χ1n) is 9.00. The summed E-state index contributed by atoms with van der Waals surface area (Å²) in [6, 6.07) is 13.1. The van der Waals surface area contributed by atoms with E-state index in [1.165, 1.54) is 18.2 Å². The fraction of sp³-hybridized carbons (Fsp3) is 0.333. The molecular weight excluding hydrogens is 369 g/mol. The summed E-state index contributed by atoms with van der Waals surface area (Å²) in [5.41, 5.74) is 0.0407. The molecule has 0 bridgehead atoms. The van der Waals surface area contributed by atoms with Crippen LogP contribution in [0.1, 0.15) is 36.0 Å². The SMILES string of the molecule is O=C(CCC(=O)N1CCC(Oc2cccc(Cl)c2)CC1)c1ccccc1F. The summed E-state index contributed by atoms with van der Waals surface area (Å²) < 4.78 is 19.5. The number of likely N-dealkylation sites (tertiary alicyclic amines) is 1. The molecule has 0 atom stereocenters. The number of benzene rings is 2. The van der Waals surface area contributed by atoms with Gasteiger partial charge in [-0.3, -0.25) is 9.59 Å². The number of ether oxygens (including phenoxy) is 1. The van der Waals surface area contributed by atoms with Crippen LogP contribution < -0.4 is 4.74 Å². The third kappa shape index (κ3) is 5.30. The van der Waals surface area contributed by atoms with Crippen molar-refractivity contribution < 1.29 is 18.7 Å². The van der Waals surface area contributed by atoms with Crippen LogP contribution in [-0.2, 0) is 4.79 Å². The van der Waals surface area contributed by atoms with Gasteiger partial charge < -0.3 is 9.64 Å². The van der Waals surface area contributed by atoms with Gasteiger partial charge in [-0.2, -0.15) is 0 Å². The van der Waals surface area contributed by atoms with Crippen molar-refractivity contribution in [3.05, 3.63) is 64.9 Å². The Morgan fingerprint density at radius 3 is 2.52 bits per heavy atom. The Morgan fingerprint density at radius 1 is 1.07 bits per heavy atom. The summed E-state index contributed by atoms with van der Waals surface area (Å²) in [5.74, 6) is -0.252. The third-order valence-electron chi connectivity index (χ3n) is 4.63. The lowest BCUT2D eigenvalue weighted by atomic mass is 10.0. The molecule has 0 radical (unpaired) electrons. The zero-order chi connectivity index (χ0) is 19.2. The van der Waals surface area contributed by atoms with E-state index < -0.39 is 5.82 Å². The van der Waals surface area contributed by atoms with Crippen LogP contribution in [0.2, 0.25) is 5.02 Å². The lowest BCUT2D eigenvalue weighted by Gasteiger charge is -2.32. The lowest BCUT2D eigenvalue weighted by Crippen LogP contribution is -2.41. The van der Waals surface area contributed by atoms with Crippen LogP contribution in [0.5, 0.6) is 5.75 Å². The highest BCUT2D eigenvalue weighted by atomic mass is 35.5. The minimum atomic E-state index is -0.547. The highest BCUT2D eigenvalue weighted by molar-refractivity contribution is 6.30. The summed E-state index contributed by atoms with van der Waals surface area (Å²) >= 11 is 5.96. The number of piperidine rings is 1. The van der Waals surface area contributed by atoms with Crippen LogP contribution in [-0.4, -0.2) is 35.8 Å². The van der Waals surface area contributed by atoms with Crippen LogP contribution in [0.15, 0.2) is 48.5 Å². The Labute approximate surface area is 162 Å². The molecule has 1 saturated heterocycles. The van der Waals surface area contributed by atoms with Crippen LogP contribution in [0, 0.1) is 5.82 Å². The summed E-state index contributed by atoms with van der Waals surface area (Å²) in [4.78, 5) is 26.2. The number of hydrogen-bond acceptors (Lipinski definition) is 3. The van der Waals surface area contributed by atoms with Crippen molar-refractivity contribution in [3.63, 3.8) is 0 Å². The minimum absolute atomic E-state index is 0.0126. The molecular formula is C21H21ClFNO3. The second kappa shape index (κ2) is 9.00. The van der Waals surface area contributed by atoms with Crippen LogP contribution in [0.25, 0.3) is 0 Å². The predicted octanol–water partition coefficient (Wildman–Crippen LogP) is 4.51. The van der Waals surface area contributed by atoms with E-state index in [0.717, 1.165) is 18.6 Å². The normalized spacial score (nSPS) is 14.8. The molecule has 4 nitrogen and oxygen atoms in total. The Balaban J connectivity index is 1.44. The summed E-state index contributed by atoms with van der Waals surface area (Å²) in [7, 11) is 0. The largest absolute Gasteiger partial charge is 0.490 e. The van der Waals surface area contributed by atoms with E-state index in [2.05, 4.69) is 0 Å². The van der Waals surface area contributed by atoms with Crippen molar-refractivity contribution in [3.8, 4) is 5.75 Å². The van der Waals surface area contributed by atoms with E-state index in [-0.39, 0.29) is 36.2 Å². The lowest BCUT2D eigenvalue weighted by molar-refractivity contribution is -0.132. The van der Waals surface area contributed by atoms with E-state index in [1.807, 2.05) is 12.1 Å². The molecule has 1 heterocycles. The molecule has 2 aromatic rings. The summed E-state index contributed by atoms with van der Waals surface area (Å²) in [6.07, 6.45) is 1.58. The van der Waals surface area contributed by atoms with Crippen molar-refractivity contribution in [2.24, 2.45) is 0 Å². The smallest absolute Gasteiger partial charge is 0.223 e. The number of hydrogen-bond donors (Lipinski definition) is 0. The highest BCUT2D eigenvalue weighted by Gasteiger charge is 2.24. The molecule has 3 rings (SSSR count). The van der Waals surface area contributed by atoms with Crippen molar-refractivity contribution in [2.45, 2.75) is 31.8 Å². The number of ketones is 1. The fourth-order valence-corrected chi connectivity index (χ4v) is 3.34. The molecule has 6 heteroatoms. The van der Waals surface area contributed by atoms with Gasteiger partial charge in [-0.1, -0.05) is 29.8 Å². The van der Waals surface area contributed by atoms with Gasteiger partial charge in [0.15, 0.2) is 5.78 Å².